The molecule has 0 spiro atoms. The Balaban J connectivity index is 1.55. The molecule has 2 aliphatic heterocycles. The lowest BCUT2D eigenvalue weighted by molar-refractivity contribution is -0.135. The minimum atomic E-state index is -0.551. The van der Waals surface area contributed by atoms with Crippen LogP contribution in [0.25, 0.3) is 0 Å². The highest BCUT2D eigenvalue weighted by atomic mass is 32.1. The molecular formula is C19H25N5O3S. The van der Waals surface area contributed by atoms with Crippen molar-refractivity contribution >= 4 is 23.2 Å². The van der Waals surface area contributed by atoms with Crippen molar-refractivity contribution in [3.8, 4) is 0 Å². The molecule has 8 nitrogen and oxygen atoms in total. The number of hydrogen-bond donors (Lipinski definition) is 1. The first-order chi connectivity index (χ1) is 13.3. The molecule has 0 saturated carbocycles. The van der Waals surface area contributed by atoms with Crippen molar-refractivity contribution in [3.63, 3.8) is 0 Å². The molecule has 2 aromatic rings. The number of carbonyl (C=O) groups excluding carboxylic acids is 2. The number of thiophene rings is 1. The number of aromatic nitrogens is 3. The van der Waals surface area contributed by atoms with Gasteiger partial charge in [0.1, 0.15) is 0 Å². The Morgan fingerprint density at radius 1 is 1.25 bits per heavy atom. The minimum Gasteiger partial charge on any atom is -0.391 e. The second-order valence-electron chi connectivity index (χ2n) is 7.81. The van der Waals surface area contributed by atoms with Gasteiger partial charge in [-0.1, -0.05) is 13.8 Å². The van der Waals surface area contributed by atoms with Crippen LogP contribution in [0.5, 0.6) is 0 Å². The van der Waals surface area contributed by atoms with E-state index in [0.717, 1.165) is 15.6 Å². The summed E-state index contributed by atoms with van der Waals surface area (Å²) in [6.45, 7) is 7.59. The van der Waals surface area contributed by atoms with E-state index in [2.05, 4.69) is 10.2 Å². The average Bonchev–Trinajstić information content (AvgIpc) is 3.37. The van der Waals surface area contributed by atoms with E-state index in [1.165, 1.54) is 11.3 Å². The van der Waals surface area contributed by atoms with Crippen molar-refractivity contribution in [3.05, 3.63) is 33.5 Å². The van der Waals surface area contributed by atoms with Gasteiger partial charge in [0.2, 0.25) is 5.91 Å². The lowest BCUT2D eigenvalue weighted by atomic mass is 10.1. The fraction of sp³-hybridized carbons (Fsp3) is 0.579. The van der Waals surface area contributed by atoms with Crippen LogP contribution in [0.4, 0.5) is 0 Å². The van der Waals surface area contributed by atoms with Gasteiger partial charge in [0.25, 0.3) is 5.91 Å². The third kappa shape index (κ3) is 3.33. The number of fused-ring (bicyclic) bond motifs is 1. The SMILES string of the molecule is Cc1ccc(C(=O)N2CCn3c(nnc3[C@@H]3C[C@@H](O)CN3C(=O)C(C)C)C2)s1. The zero-order valence-corrected chi connectivity index (χ0v) is 17.1. The van der Waals surface area contributed by atoms with Gasteiger partial charge in [-0.25, -0.2) is 0 Å². The number of rotatable bonds is 3. The Kier molecular flexibility index (Phi) is 4.96. The predicted molar refractivity (Wildman–Crippen MR) is 104 cm³/mol. The van der Waals surface area contributed by atoms with Gasteiger partial charge < -0.3 is 19.5 Å². The molecule has 28 heavy (non-hydrogen) atoms. The minimum absolute atomic E-state index is 0.0135. The van der Waals surface area contributed by atoms with Crippen LogP contribution in [0.3, 0.4) is 0 Å². The molecule has 1 saturated heterocycles. The summed E-state index contributed by atoms with van der Waals surface area (Å²) < 4.78 is 2.01. The van der Waals surface area contributed by atoms with Gasteiger partial charge in [0.15, 0.2) is 11.6 Å². The zero-order chi connectivity index (χ0) is 20.0. The van der Waals surface area contributed by atoms with Crippen LogP contribution in [-0.4, -0.2) is 60.7 Å². The fourth-order valence-electron chi connectivity index (χ4n) is 3.94. The zero-order valence-electron chi connectivity index (χ0n) is 16.3. The topological polar surface area (TPSA) is 91.6 Å². The van der Waals surface area contributed by atoms with Gasteiger partial charge >= 0.3 is 0 Å². The van der Waals surface area contributed by atoms with Crippen molar-refractivity contribution in [2.45, 2.75) is 52.4 Å². The number of amides is 2. The Morgan fingerprint density at radius 2 is 2.04 bits per heavy atom. The summed E-state index contributed by atoms with van der Waals surface area (Å²) in [5.41, 5.74) is 0. The highest BCUT2D eigenvalue weighted by Gasteiger charge is 2.40. The lowest BCUT2D eigenvalue weighted by Gasteiger charge is -2.30. The summed E-state index contributed by atoms with van der Waals surface area (Å²) in [5.74, 6) is 1.32. The number of nitrogens with zero attached hydrogens (tertiary/aromatic N) is 5. The van der Waals surface area contributed by atoms with Gasteiger partial charge in [-0.05, 0) is 19.1 Å². The van der Waals surface area contributed by atoms with Crippen LogP contribution in [0.15, 0.2) is 12.1 Å². The summed E-state index contributed by atoms with van der Waals surface area (Å²) in [7, 11) is 0. The molecule has 4 heterocycles. The van der Waals surface area contributed by atoms with E-state index in [1.54, 1.807) is 9.80 Å². The maximum Gasteiger partial charge on any atom is 0.264 e. The van der Waals surface area contributed by atoms with Crippen LogP contribution < -0.4 is 0 Å². The van der Waals surface area contributed by atoms with Gasteiger partial charge in [0, 0.05) is 36.9 Å². The average molecular weight is 404 g/mol. The van der Waals surface area contributed by atoms with Crippen LogP contribution in [0, 0.1) is 12.8 Å². The first-order valence-electron chi connectivity index (χ1n) is 9.61. The Hall–Kier alpha value is -2.26. The van der Waals surface area contributed by atoms with Crippen molar-refractivity contribution in [2.75, 3.05) is 13.1 Å². The summed E-state index contributed by atoms with van der Waals surface area (Å²) in [6, 6.07) is 3.55. The number of likely N-dealkylation sites (tertiary alicyclic amines) is 1. The molecule has 2 aliphatic rings. The maximum atomic E-state index is 12.7. The molecule has 0 aliphatic carbocycles. The van der Waals surface area contributed by atoms with Crippen molar-refractivity contribution in [2.24, 2.45) is 5.92 Å². The van der Waals surface area contributed by atoms with Gasteiger partial charge in [-0.15, -0.1) is 21.5 Å². The quantitative estimate of drug-likeness (QED) is 0.840. The molecule has 0 radical (unpaired) electrons. The summed E-state index contributed by atoms with van der Waals surface area (Å²) >= 11 is 1.50. The van der Waals surface area contributed by atoms with E-state index in [-0.39, 0.29) is 23.8 Å². The number of aliphatic hydroxyl groups excluding tert-OH is 1. The van der Waals surface area contributed by atoms with Gasteiger partial charge in [0.05, 0.1) is 23.6 Å². The summed E-state index contributed by atoms with van der Waals surface area (Å²) in [5, 5.41) is 18.8. The maximum absolute atomic E-state index is 12.7. The van der Waals surface area contributed by atoms with Crippen LogP contribution in [0.2, 0.25) is 0 Å². The molecule has 0 unspecified atom stereocenters. The second kappa shape index (κ2) is 7.29. The largest absolute Gasteiger partial charge is 0.391 e. The van der Waals surface area contributed by atoms with Crippen LogP contribution >= 0.6 is 11.3 Å². The standard InChI is InChI=1S/C19H25N5O3S/c1-11(2)18(26)24-9-13(25)8-14(24)17-21-20-16-10-22(6-7-23(16)17)19(27)15-5-4-12(3)28-15/h4-5,11,13-14,25H,6-10H2,1-3H3/t13-,14+/m1/s1. The normalized spacial score (nSPS) is 22.0. The first-order valence-corrected chi connectivity index (χ1v) is 10.4. The number of hydrogen-bond acceptors (Lipinski definition) is 6. The molecule has 2 aromatic heterocycles. The number of aliphatic hydroxyl groups is 1. The van der Waals surface area contributed by atoms with E-state index in [0.29, 0.717) is 38.4 Å². The molecule has 9 heteroatoms. The molecule has 4 rings (SSSR count). The van der Waals surface area contributed by atoms with E-state index < -0.39 is 6.10 Å². The molecule has 2 amide bonds. The lowest BCUT2D eigenvalue weighted by Crippen LogP contribution is -2.40. The van der Waals surface area contributed by atoms with E-state index in [1.807, 2.05) is 37.5 Å². The number of β-amino-alcohol motifs (C(OH)–C–C–N with tert-alkyl or cyclic N) is 1. The second-order valence-corrected chi connectivity index (χ2v) is 9.10. The molecule has 1 N–H and O–H groups in total. The fourth-order valence-corrected chi connectivity index (χ4v) is 4.77. The highest BCUT2D eigenvalue weighted by Crippen LogP contribution is 2.33. The Labute approximate surface area is 167 Å². The van der Waals surface area contributed by atoms with Crippen LogP contribution in [0.1, 0.15) is 52.5 Å². The van der Waals surface area contributed by atoms with E-state index in [4.69, 9.17) is 0 Å². The van der Waals surface area contributed by atoms with Crippen molar-refractivity contribution in [1.82, 2.24) is 24.6 Å². The van der Waals surface area contributed by atoms with Crippen molar-refractivity contribution < 1.29 is 14.7 Å². The van der Waals surface area contributed by atoms with E-state index in [9.17, 15) is 14.7 Å². The molecular weight excluding hydrogens is 378 g/mol. The molecule has 2 atom stereocenters. The third-order valence-electron chi connectivity index (χ3n) is 5.37. The number of carbonyl (C=O) groups is 2. The summed E-state index contributed by atoms with van der Waals surface area (Å²) in [4.78, 5) is 30.7. The Bertz CT molecular complexity index is 905. The van der Waals surface area contributed by atoms with E-state index >= 15 is 0 Å². The predicted octanol–water partition coefficient (Wildman–Crippen LogP) is 1.59. The monoisotopic (exact) mass is 403 g/mol. The summed E-state index contributed by atoms with van der Waals surface area (Å²) in [6.07, 6.45) is -0.0855. The highest BCUT2D eigenvalue weighted by molar-refractivity contribution is 7.13. The van der Waals surface area contributed by atoms with Gasteiger partial charge in [-0.3, -0.25) is 9.59 Å². The Morgan fingerprint density at radius 3 is 2.71 bits per heavy atom. The smallest absolute Gasteiger partial charge is 0.264 e. The number of aryl methyl sites for hydroxylation is 1. The molecule has 150 valence electrons. The first kappa shape index (κ1) is 19.1. The molecule has 0 aromatic carbocycles. The van der Waals surface area contributed by atoms with Gasteiger partial charge in [-0.2, -0.15) is 0 Å². The third-order valence-corrected chi connectivity index (χ3v) is 6.36. The molecule has 1 fully saturated rings. The van der Waals surface area contributed by atoms with Crippen molar-refractivity contribution in [1.29, 1.82) is 0 Å². The molecule has 0 bridgehead atoms. The van der Waals surface area contributed by atoms with Crippen LogP contribution in [-0.2, 0) is 17.9 Å².